The zero-order valence-corrected chi connectivity index (χ0v) is 9.56. The van der Waals surface area contributed by atoms with Gasteiger partial charge in [-0.05, 0) is 18.6 Å². The summed E-state index contributed by atoms with van der Waals surface area (Å²) in [6, 6.07) is 3.91. The van der Waals surface area contributed by atoms with E-state index in [-0.39, 0.29) is 0 Å². The monoisotopic (exact) mass is 221 g/mol. The van der Waals surface area contributed by atoms with Gasteiger partial charge in [0.1, 0.15) is 0 Å². The normalized spacial score (nSPS) is 18.2. The molecule has 0 spiro atoms. The molecule has 0 radical (unpaired) electrons. The van der Waals surface area contributed by atoms with Crippen LogP contribution in [0.2, 0.25) is 0 Å². The van der Waals surface area contributed by atoms with Gasteiger partial charge in [-0.3, -0.25) is 4.98 Å². The Balaban J connectivity index is 1.79. The van der Waals surface area contributed by atoms with Crippen molar-refractivity contribution in [3.05, 3.63) is 24.0 Å². The molecule has 1 aromatic heterocycles. The molecule has 2 N–H and O–H groups in total. The Labute approximate surface area is 96.4 Å². The van der Waals surface area contributed by atoms with Crippen molar-refractivity contribution in [3.63, 3.8) is 0 Å². The van der Waals surface area contributed by atoms with E-state index in [0.29, 0.717) is 0 Å². The number of nitrogens with two attached hydrogens (primary N) is 1. The molecule has 2 rings (SSSR count). The molecule has 4 heteroatoms. The van der Waals surface area contributed by atoms with E-state index in [4.69, 9.17) is 10.5 Å². The summed E-state index contributed by atoms with van der Waals surface area (Å²) < 4.78 is 5.42. The average molecular weight is 221 g/mol. The van der Waals surface area contributed by atoms with Crippen molar-refractivity contribution in [3.8, 4) is 0 Å². The molecule has 1 aliphatic heterocycles. The lowest BCUT2D eigenvalue weighted by atomic mass is 10.2. The predicted octanol–water partition coefficient (Wildman–Crippen LogP) is 0.929. The first-order valence-electron chi connectivity index (χ1n) is 5.85. The highest BCUT2D eigenvalue weighted by Crippen LogP contribution is 2.04. The summed E-state index contributed by atoms with van der Waals surface area (Å²) in [6.45, 7) is 4.98. The maximum atomic E-state index is 5.60. The molecule has 16 heavy (non-hydrogen) atoms. The Morgan fingerprint density at radius 2 is 2.25 bits per heavy atom. The molecule has 0 atom stereocenters. The van der Waals surface area contributed by atoms with E-state index in [9.17, 15) is 0 Å². The Bertz CT molecular complexity index is 305. The number of hydrogen-bond donors (Lipinski definition) is 1. The summed E-state index contributed by atoms with van der Waals surface area (Å²) >= 11 is 0. The van der Waals surface area contributed by atoms with Crippen LogP contribution in [0.1, 0.15) is 12.1 Å². The molecule has 4 nitrogen and oxygen atoms in total. The Morgan fingerprint density at radius 1 is 1.31 bits per heavy atom. The highest BCUT2D eigenvalue weighted by molar-refractivity contribution is 5.34. The van der Waals surface area contributed by atoms with Crippen LogP contribution < -0.4 is 5.73 Å². The van der Waals surface area contributed by atoms with Crippen LogP contribution in [0.5, 0.6) is 0 Å². The third-order valence-electron chi connectivity index (χ3n) is 2.85. The maximum absolute atomic E-state index is 5.60. The largest absolute Gasteiger partial charge is 0.397 e. The van der Waals surface area contributed by atoms with E-state index < -0.39 is 0 Å². The molecule has 2 heterocycles. The molecule has 0 bridgehead atoms. The van der Waals surface area contributed by atoms with E-state index in [1.807, 2.05) is 12.1 Å². The van der Waals surface area contributed by atoms with E-state index in [2.05, 4.69) is 9.88 Å². The van der Waals surface area contributed by atoms with Crippen LogP contribution in [0.3, 0.4) is 0 Å². The van der Waals surface area contributed by atoms with Crippen molar-refractivity contribution >= 4 is 5.69 Å². The molecular weight excluding hydrogens is 202 g/mol. The lowest BCUT2D eigenvalue weighted by Gasteiger charge is -2.18. The third kappa shape index (κ3) is 3.47. The number of hydrogen-bond acceptors (Lipinski definition) is 4. The molecule has 0 saturated carbocycles. The van der Waals surface area contributed by atoms with E-state index in [1.54, 1.807) is 6.20 Å². The fourth-order valence-corrected chi connectivity index (χ4v) is 1.88. The second-order valence-electron chi connectivity index (χ2n) is 4.14. The van der Waals surface area contributed by atoms with Gasteiger partial charge in [-0.1, -0.05) is 0 Å². The van der Waals surface area contributed by atoms with Gasteiger partial charge >= 0.3 is 0 Å². The summed E-state index contributed by atoms with van der Waals surface area (Å²) in [5.41, 5.74) is 7.44. The minimum atomic E-state index is 0.729. The van der Waals surface area contributed by atoms with Gasteiger partial charge in [0.15, 0.2) is 0 Å². The van der Waals surface area contributed by atoms with Gasteiger partial charge in [-0.15, -0.1) is 0 Å². The smallest absolute Gasteiger partial charge is 0.0593 e. The van der Waals surface area contributed by atoms with Crippen LogP contribution >= 0.6 is 0 Å². The zero-order chi connectivity index (χ0) is 11.2. The quantitative estimate of drug-likeness (QED) is 0.825. The van der Waals surface area contributed by atoms with Gasteiger partial charge in [0.25, 0.3) is 0 Å². The van der Waals surface area contributed by atoms with Gasteiger partial charge in [0.2, 0.25) is 0 Å². The van der Waals surface area contributed by atoms with Crippen LogP contribution in [0.25, 0.3) is 0 Å². The van der Waals surface area contributed by atoms with Crippen molar-refractivity contribution in [2.24, 2.45) is 0 Å². The molecule has 0 aliphatic carbocycles. The summed E-state index contributed by atoms with van der Waals surface area (Å²) in [4.78, 5) is 6.74. The number of nitrogen functional groups attached to an aromatic ring is 1. The van der Waals surface area contributed by atoms with Gasteiger partial charge in [-0.25, -0.2) is 0 Å². The standard InChI is InChI=1S/C12H19N3O/c13-11-2-3-12(14-10-11)4-6-15-5-1-8-16-9-7-15/h2-3,10H,1,4-9,13H2. The first-order chi connectivity index (χ1) is 7.84. The van der Waals surface area contributed by atoms with Crippen molar-refractivity contribution in [2.75, 3.05) is 38.6 Å². The number of aromatic nitrogens is 1. The van der Waals surface area contributed by atoms with Crippen molar-refractivity contribution in [2.45, 2.75) is 12.8 Å². The van der Waals surface area contributed by atoms with Crippen LogP contribution in [-0.2, 0) is 11.2 Å². The molecule has 88 valence electrons. The van der Waals surface area contributed by atoms with Crippen LogP contribution in [-0.4, -0.2) is 42.7 Å². The average Bonchev–Trinajstić information content (AvgIpc) is 2.57. The lowest BCUT2D eigenvalue weighted by Crippen LogP contribution is -2.28. The summed E-state index contributed by atoms with van der Waals surface area (Å²) in [5.74, 6) is 0. The number of nitrogens with zero attached hydrogens (tertiary/aromatic N) is 2. The Hall–Kier alpha value is -1.13. The van der Waals surface area contributed by atoms with Crippen LogP contribution in [0.15, 0.2) is 18.3 Å². The molecule has 1 fully saturated rings. The second kappa shape index (κ2) is 5.82. The first-order valence-corrected chi connectivity index (χ1v) is 5.85. The van der Waals surface area contributed by atoms with Crippen molar-refractivity contribution in [1.82, 2.24) is 9.88 Å². The minimum absolute atomic E-state index is 0.729. The van der Waals surface area contributed by atoms with Gasteiger partial charge in [-0.2, -0.15) is 0 Å². The molecule has 0 amide bonds. The van der Waals surface area contributed by atoms with Gasteiger partial charge in [0.05, 0.1) is 18.5 Å². The van der Waals surface area contributed by atoms with Gasteiger partial charge < -0.3 is 15.4 Å². The summed E-state index contributed by atoms with van der Waals surface area (Å²) in [6.07, 6.45) is 3.84. The SMILES string of the molecule is Nc1ccc(CCN2CCCOCC2)nc1. The number of anilines is 1. The molecule has 1 aromatic rings. The van der Waals surface area contributed by atoms with Crippen LogP contribution in [0.4, 0.5) is 5.69 Å². The minimum Gasteiger partial charge on any atom is -0.397 e. The third-order valence-corrected chi connectivity index (χ3v) is 2.85. The number of rotatable bonds is 3. The van der Waals surface area contributed by atoms with Crippen molar-refractivity contribution < 1.29 is 4.74 Å². The molecular formula is C12H19N3O. The number of pyridine rings is 1. The fourth-order valence-electron chi connectivity index (χ4n) is 1.88. The fraction of sp³-hybridized carbons (Fsp3) is 0.583. The number of ether oxygens (including phenoxy) is 1. The highest BCUT2D eigenvalue weighted by atomic mass is 16.5. The lowest BCUT2D eigenvalue weighted by molar-refractivity contribution is 0.141. The molecule has 1 aliphatic rings. The van der Waals surface area contributed by atoms with Gasteiger partial charge in [0, 0.05) is 38.4 Å². The Kier molecular flexibility index (Phi) is 4.13. The van der Waals surface area contributed by atoms with Crippen molar-refractivity contribution in [1.29, 1.82) is 0 Å². The topological polar surface area (TPSA) is 51.4 Å². The maximum Gasteiger partial charge on any atom is 0.0593 e. The summed E-state index contributed by atoms with van der Waals surface area (Å²) in [7, 11) is 0. The van der Waals surface area contributed by atoms with E-state index in [0.717, 1.165) is 57.1 Å². The highest BCUT2D eigenvalue weighted by Gasteiger charge is 2.08. The molecule has 0 aromatic carbocycles. The first kappa shape index (κ1) is 11.4. The second-order valence-corrected chi connectivity index (χ2v) is 4.14. The van der Waals surface area contributed by atoms with Crippen LogP contribution in [0, 0.1) is 0 Å². The Morgan fingerprint density at radius 3 is 3.06 bits per heavy atom. The van der Waals surface area contributed by atoms with E-state index in [1.165, 1.54) is 0 Å². The summed E-state index contributed by atoms with van der Waals surface area (Å²) in [5, 5.41) is 0. The predicted molar refractivity (Wildman–Crippen MR) is 64.2 cm³/mol. The molecule has 0 unspecified atom stereocenters. The molecule has 1 saturated heterocycles. The van der Waals surface area contributed by atoms with E-state index >= 15 is 0 Å². The zero-order valence-electron chi connectivity index (χ0n) is 9.56.